The Bertz CT molecular complexity index is 440. The van der Waals surface area contributed by atoms with E-state index in [1.54, 1.807) is 0 Å². The minimum Gasteiger partial charge on any atom is -0.295 e. The van der Waals surface area contributed by atoms with Crippen molar-refractivity contribution in [3.05, 3.63) is 46.9 Å². The van der Waals surface area contributed by atoms with Gasteiger partial charge in [-0.1, -0.05) is 51.1 Å². The van der Waals surface area contributed by atoms with Crippen LogP contribution in [0.15, 0.2) is 41.3 Å². The predicted molar refractivity (Wildman–Crippen MR) is 73.9 cm³/mol. The standard InChI is InChI=1S/C15H18OS/c1-15(2,3)14-10-12(16)9-13(17-14)11-7-5-4-6-8-11/h4-8,10,13H,9H2,1-3H3. The van der Waals surface area contributed by atoms with Crippen LogP contribution >= 0.6 is 11.8 Å². The summed E-state index contributed by atoms with van der Waals surface area (Å²) in [5.74, 6) is 0.252. The van der Waals surface area contributed by atoms with Gasteiger partial charge in [-0.25, -0.2) is 0 Å². The molecule has 1 aromatic carbocycles. The smallest absolute Gasteiger partial charge is 0.157 e. The van der Waals surface area contributed by atoms with Gasteiger partial charge >= 0.3 is 0 Å². The fourth-order valence-corrected chi connectivity index (χ4v) is 3.26. The molecule has 0 fully saturated rings. The first-order valence-electron chi connectivity index (χ1n) is 5.93. The van der Waals surface area contributed by atoms with Crippen LogP contribution in [-0.2, 0) is 4.79 Å². The van der Waals surface area contributed by atoms with E-state index in [2.05, 4.69) is 32.9 Å². The molecule has 0 saturated carbocycles. The Morgan fingerprint density at radius 3 is 2.41 bits per heavy atom. The molecule has 1 aliphatic heterocycles. The summed E-state index contributed by atoms with van der Waals surface area (Å²) in [7, 11) is 0. The Labute approximate surface area is 107 Å². The molecule has 0 radical (unpaired) electrons. The summed E-state index contributed by atoms with van der Waals surface area (Å²) in [5.41, 5.74) is 1.31. The van der Waals surface area contributed by atoms with Crippen LogP contribution in [0.4, 0.5) is 0 Å². The SMILES string of the molecule is CC(C)(C)C1=CC(=O)CC(c2ccccc2)S1. The van der Waals surface area contributed by atoms with Crippen LogP contribution in [0.2, 0.25) is 0 Å². The summed E-state index contributed by atoms with van der Waals surface area (Å²) in [4.78, 5) is 13.0. The van der Waals surface area contributed by atoms with Crippen molar-refractivity contribution in [2.45, 2.75) is 32.4 Å². The molecular formula is C15H18OS. The lowest BCUT2D eigenvalue weighted by molar-refractivity contribution is -0.114. The van der Waals surface area contributed by atoms with Crippen molar-refractivity contribution in [3.63, 3.8) is 0 Å². The molecule has 1 nitrogen and oxygen atoms in total. The minimum atomic E-state index is 0.0633. The molecule has 0 N–H and O–H groups in total. The molecule has 17 heavy (non-hydrogen) atoms. The van der Waals surface area contributed by atoms with E-state index in [-0.39, 0.29) is 16.4 Å². The van der Waals surface area contributed by atoms with Gasteiger partial charge in [-0.15, -0.1) is 11.8 Å². The highest BCUT2D eigenvalue weighted by Crippen LogP contribution is 2.47. The number of benzene rings is 1. The maximum absolute atomic E-state index is 11.8. The molecule has 1 unspecified atom stereocenters. The largest absolute Gasteiger partial charge is 0.295 e. The average molecular weight is 246 g/mol. The summed E-state index contributed by atoms with van der Waals surface area (Å²) in [6.07, 6.45) is 2.44. The fraction of sp³-hybridized carbons (Fsp3) is 0.400. The van der Waals surface area contributed by atoms with Crippen molar-refractivity contribution >= 4 is 17.5 Å². The van der Waals surface area contributed by atoms with Gasteiger partial charge < -0.3 is 0 Å². The maximum Gasteiger partial charge on any atom is 0.157 e. The molecular weight excluding hydrogens is 228 g/mol. The third-order valence-electron chi connectivity index (χ3n) is 2.86. The van der Waals surface area contributed by atoms with Crippen LogP contribution in [0.1, 0.15) is 38.0 Å². The molecule has 2 heteroatoms. The summed E-state index contributed by atoms with van der Waals surface area (Å²) in [5, 5.41) is 0.280. The number of hydrogen-bond donors (Lipinski definition) is 0. The number of carbonyl (C=O) groups is 1. The third kappa shape index (κ3) is 3.01. The molecule has 90 valence electrons. The lowest BCUT2D eigenvalue weighted by atomic mass is 9.94. The van der Waals surface area contributed by atoms with Crippen molar-refractivity contribution in [1.82, 2.24) is 0 Å². The minimum absolute atomic E-state index is 0.0633. The number of thioether (sulfide) groups is 1. The van der Waals surface area contributed by atoms with Crippen LogP contribution in [0.25, 0.3) is 0 Å². The molecule has 0 amide bonds. The Hall–Kier alpha value is -1.02. The second-order valence-electron chi connectivity index (χ2n) is 5.45. The highest BCUT2D eigenvalue weighted by molar-refractivity contribution is 8.03. The summed E-state index contributed by atoms with van der Waals surface area (Å²) < 4.78 is 0. The monoisotopic (exact) mass is 246 g/mol. The van der Waals surface area contributed by atoms with Crippen LogP contribution in [0.5, 0.6) is 0 Å². The molecule has 1 atom stereocenters. The van der Waals surface area contributed by atoms with E-state index in [9.17, 15) is 4.79 Å². The lowest BCUT2D eigenvalue weighted by Crippen LogP contribution is -2.16. The second-order valence-corrected chi connectivity index (χ2v) is 6.69. The predicted octanol–water partition coefficient (Wildman–Crippen LogP) is 4.36. The van der Waals surface area contributed by atoms with E-state index in [0.717, 1.165) is 0 Å². The molecule has 0 bridgehead atoms. The normalized spacial score (nSPS) is 21.2. The van der Waals surface area contributed by atoms with Crippen molar-refractivity contribution in [1.29, 1.82) is 0 Å². The number of allylic oxidation sites excluding steroid dienone is 2. The van der Waals surface area contributed by atoms with Crippen molar-refractivity contribution in [3.8, 4) is 0 Å². The molecule has 1 heterocycles. The van der Waals surface area contributed by atoms with Gasteiger partial charge in [0.05, 0.1) is 0 Å². The average Bonchev–Trinajstić information content (AvgIpc) is 2.28. The molecule has 1 aliphatic rings. The van der Waals surface area contributed by atoms with Gasteiger partial charge in [-0.05, 0) is 22.0 Å². The van der Waals surface area contributed by atoms with E-state index >= 15 is 0 Å². The zero-order chi connectivity index (χ0) is 12.5. The third-order valence-corrected chi connectivity index (χ3v) is 4.57. The van der Waals surface area contributed by atoms with E-state index in [1.165, 1.54) is 10.5 Å². The zero-order valence-electron chi connectivity index (χ0n) is 10.6. The Kier molecular flexibility index (Phi) is 3.43. The Morgan fingerprint density at radius 1 is 1.18 bits per heavy atom. The number of ketones is 1. The number of carbonyl (C=O) groups excluding carboxylic acids is 1. The van der Waals surface area contributed by atoms with Gasteiger partial charge in [0.2, 0.25) is 0 Å². The topological polar surface area (TPSA) is 17.1 Å². The van der Waals surface area contributed by atoms with Crippen molar-refractivity contribution in [2.24, 2.45) is 5.41 Å². The quantitative estimate of drug-likeness (QED) is 0.732. The number of hydrogen-bond acceptors (Lipinski definition) is 2. The van der Waals surface area contributed by atoms with E-state index < -0.39 is 0 Å². The van der Waals surface area contributed by atoms with Gasteiger partial charge in [0.15, 0.2) is 5.78 Å². The molecule has 0 saturated heterocycles. The van der Waals surface area contributed by atoms with E-state index in [4.69, 9.17) is 0 Å². The molecule has 0 aromatic heterocycles. The second kappa shape index (κ2) is 4.69. The van der Waals surface area contributed by atoms with Crippen LogP contribution in [-0.4, -0.2) is 5.78 Å². The van der Waals surface area contributed by atoms with Crippen LogP contribution in [0, 0.1) is 5.41 Å². The molecule has 2 rings (SSSR count). The van der Waals surface area contributed by atoms with Gasteiger partial charge in [0.25, 0.3) is 0 Å². The van der Waals surface area contributed by atoms with Gasteiger partial charge in [-0.2, -0.15) is 0 Å². The van der Waals surface area contributed by atoms with E-state index in [1.807, 2.05) is 36.0 Å². The van der Waals surface area contributed by atoms with Gasteiger partial charge in [-0.3, -0.25) is 4.79 Å². The van der Waals surface area contributed by atoms with Crippen molar-refractivity contribution < 1.29 is 4.79 Å². The first kappa shape index (κ1) is 12.4. The first-order chi connectivity index (χ1) is 7.97. The summed E-state index contributed by atoms with van der Waals surface area (Å²) >= 11 is 1.84. The van der Waals surface area contributed by atoms with Crippen LogP contribution in [0.3, 0.4) is 0 Å². The Morgan fingerprint density at radius 2 is 1.82 bits per heavy atom. The fourth-order valence-electron chi connectivity index (χ4n) is 1.86. The molecule has 0 spiro atoms. The molecule has 1 aromatic rings. The first-order valence-corrected chi connectivity index (χ1v) is 6.81. The summed E-state index contributed by atoms with van der Waals surface area (Å²) in [6, 6.07) is 10.3. The van der Waals surface area contributed by atoms with Crippen molar-refractivity contribution in [2.75, 3.05) is 0 Å². The van der Waals surface area contributed by atoms with E-state index in [0.29, 0.717) is 6.42 Å². The Balaban J connectivity index is 2.25. The summed E-state index contributed by atoms with van der Waals surface area (Å²) in [6.45, 7) is 6.48. The van der Waals surface area contributed by atoms with Gasteiger partial charge in [0, 0.05) is 11.7 Å². The number of rotatable bonds is 1. The maximum atomic E-state index is 11.8. The highest BCUT2D eigenvalue weighted by Gasteiger charge is 2.28. The highest BCUT2D eigenvalue weighted by atomic mass is 32.2. The zero-order valence-corrected chi connectivity index (χ0v) is 11.4. The molecule has 0 aliphatic carbocycles. The van der Waals surface area contributed by atoms with Gasteiger partial charge in [0.1, 0.15) is 0 Å². The lowest BCUT2D eigenvalue weighted by Gasteiger charge is -2.29. The van der Waals surface area contributed by atoms with Crippen LogP contribution < -0.4 is 0 Å².